The van der Waals surface area contributed by atoms with Gasteiger partial charge < -0.3 is 49.9 Å². The molecule has 11 heteroatoms. The number of rotatable bonds is 25. The van der Waals surface area contributed by atoms with E-state index in [2.05, 4.69) is 5.32 Å². The maximum Gasteiger partial charge on any atom is 0.222 e. The molecule has 0 bridgehead atoms. The van der Waals surface area contributed by atoms with Gasteiger partial charge in [-0.25, -0.2) is 0 Å². The van der Waals surface area contributed by atoms with Crippen LogP contribution in [0, 0.1) is 0 Å². The maximum absolute atomic E-state index is 11.6. The lowest BCUT2D eigenvalue weighted by atomic mass is 10.4. The van der Waals surface area contributed by atoms with E-state index in [4.69, 9.17) is 44.6 Å². The van der Waals surface area contributed by atoms with E-state index >= 15 is 0 Å². The fraction of sp³-hybridized carbons (Fsp3) is 0.947. The second-order valence-corrected chi connectivity index (χ2v) is 5.96. The lowest BCUT2D eigenvalue weighted by Gasteiger charge is -2.08. The van der Waals surface area contributed by atoms with Crippen molar-refractivity contribution in [3.8, 4) is 0 Å². The highest BCUT2D eigenvalue weighted by molar-refractivity contribution is 5.75. The van der Waals surface area contributed by atoms with Crippen LogP contribution in [-0.2, 0) is 38.0 Å². The van der Waals surface area contributed by atoms with Crippen molar-refractivity contribution in [3.63, 3.8) is 0 Å². The smallest absolute Gasteiger partial charge is 0.222 e. The topological polar surface area (TPSA) is 146 Å². The largest absolute Gasteiger partial charge is 0.379 e. The molecule has 180 valence electrons. The van der Waals surface area contributed by atoms with Crippen molar-refractivity contribution in [2.75, 3.05) is 112 Å². The molecule has 0 unspecified atom stereocenters. The Morgan fingerprint density at radius 1 is 0.500 bits per heavy atom. The summed E-state index contributed by atoms with van der Waals surface area (Å²) < 4.78 is 37.1. The first-order valence-corrected chi connectivity index (χ1v) is 10.5. The molecule has 0 aromatic carbocycles. The number of hydrogen-bond donors (Lipinski definition) is 3. The molecule has 11 nitrogen and oxygen atoms in total. The van der Waals surface area contributed by atoms with Crippen molar-refractivity contribution >= 4 is 5.91 Å². The van der Waals surface area contributed by atoms with Crippen LogP contribution in [0.25, 0.3) is 0 Å². The average Bonchev–Trinajstić information content (AvgIpc) is 2.75. The first-order chi connectivity index (χ1) is 14.8. The maximum atomic E-state index is 11.6. The van der Waals surface area contributed by atoms with Crippen molar-refractivity contribution in [1.82, 2.24) is 5.32 Å². The van der Waals surface area contributed by atoms with Gasteiger partial charge in [-0.3, -0.25) is 4.79 Å². The quantitative estimate of drug-likeness (QED) is 0.144. The number of nitrogens with one attached hydrogen (secondary N) is 1. The van der Waals surface area contributed by atoms with Gasteiger partial charge in [-0.05, 0) is 0 Å². The number of ether oxygens (including phenoxy) is 7. The van der Waals surface area contributed by atoms with Gasteiger partial charge in [0, 0.05) is 26.1 Å². The fourth-order valence-corrected chi connectivity index (χ4v) is 1.99. The van der Waals surface area contributed by atoms with Gasteiger partial charge in [0.15, 0.2) is 0 Å². The zero-order valence-electron chi connectivity index (χ0n) is 18.1. The molecular weight excluding hydrogens is 398 g/mol. The SMILES string of the molecule is NCCOCCOCCOCCNC(=O)CCOCCOCCOCCOCCN. The molecule has 0 rings (SSSR count). The molecule has 0 aliphatic heterocycles. The molecule has 0 spiro atoms. The van der Waals surface area contributed by atoms with E-state index in [9.17, 15) is 4.79 Å². The zero-order chi connectivity index (χ0) is 22.0. The fourth-order valence-electron chi connectivity index (χ4n) is 1.99. The number of nitrogens with two attached hydrogens (primary N) is 2. The summed E-state index contributed by atoms with van der Waals surface area (Å²) in [6.45, 7) is 8.34. The summed E-state index contributed by atoms with van der Waals surface area (Å²) in [5.74, 6) is -0.0712. The number of amides is 1. The summed E-state index contributed by atoms with van der Waals surface area (Å²) in [4.78, 5) is 11.6. The predicted molar refractivity (Wildman–Crippen MR) is 111 cm³/mol. The molecule has 0 heterocycles. The van der Waals surface area contributed by atoms with Gasteiger partial charge in [0.1, 0.15) is 0 Å². The van der Waals surface area contributed by atoms with Crippen molar-refractivity contribution in [1.29, 1.82) is 0 Å². The summed E-state index contributed by atoms with van der Waals surface area (Å²) >= 11 is 0. The van der Waals surface area contributed by atoms with Crippen molar-refractivity contribution in [2.45, 2.75) is 6.42 Å². The third kappa shape index (κ3) is 25.1. The van der Waals surface area contributed by atoms with E-state index in [1.165, 1.54) is 0 Å². The number of hydrogen-bond acceptors (Lipinski definition) is 10. The van der Waals surface area contributed by atoms with Crippen LogP contribution in [-0.4, -0.2) is 118 Å². The lowest BCUT2D eigenvalue weighted by Crippen LogP contribution is -2.28. The summed E-state index contributed by atoms with van der Waals surface area (Å²) in [7, 11) is 0. The van der Waals surface area contributed by atoms with E-state index < -0.39 is 0 Å². The first kappa shape index (κ1) is 29.1. The minimum absolute atomic E-state index is 0.0712. The van der Waals surface area contributed by atoms with Crippen LogP contribution in [0.3, 0.4) is 0 Å². The Bertz CT molecular complexity index is 354. The number of carbonyl (C=O) groups is 1. The van der Waals surface area contributed by atoms with Crippen molar-refractivity contribution in [2.24, 2.45) is 11.5 Å². The van der Waals surface area contributed by atoms with Crippen molar-refractivity contribution in [3.05, 3.63) is 0 Å². The summed E-state index contributed by atoms with van der Waals surface area (Å²) in [5.41, 5.74) is 10.6. The van der Waals surface area contributed by atoms with E-state index in [-0.39, 0.29) is 5.91 Å². The van der Waals surface area contributed by atoms with Gasteiger partial charge in [-0.1, -0.05) is 0 Å². The molecule has 0 aliphatic carbocycles. The van der Waals surface area contributed by atoms with Crippen LogP contribution in [0.1, 0.15) is 6.42 Å². The molecule has 0 atom stereocenters. The van der Waals surface area contributed by atoms with E-state index in [1.54, 1.807) is 0 Å². The molecule has 0 saturated heterocycles. The second kappa shape index (κ2) is 26.1. The number of carbonyl (C=O) groups excluding carboxylic acids is 1. The Balaban J connectivity index is 3.13. The van der Waals surface area contributed by atoms with E-state index in [1.807, 2.05) is 0 Å². The standard InChI is InChI=1S/C19H41N3O8/c20-2-6-25-10-14-29-16-12-27-8-4-22-19(23)1-5-24-9-13-28-17-18-30-15-11-26-7-3-21/h1-18,20-21H2,(H,22,23). The highest BCUT2D eigenvalue weighted by Gasteiger charge is 2.01. The highest BCUT2D eigenvalue weighted by atomic mass is 16.6. The molecule has 0 aromatic heterocycles. The Kier molecular flexibility index (Phi) is 25.4. The Morgan fingerprint density at radius 3 is 1.23 bits per heavy atom. The molecule has 0 saturated carbocycles. The van der Waals surface area contributed by atoms with E-state index in [0.717, 1.165) is 0 Å². The van der Waals surface area contributed by atoms with Gasteiger partial charge in [-0.2, -0.15) is 0 Å². The average molecular weight is 440 g/mol. The van der Waals surface area contributed by atoms with Gasteiger partial charge in [0.05, 0.1) is 92.5 Å². The first-order valence-electron chi connectivity index (χ1n) is 10.5. The molecule has 30 heavy (non-hydrogen) atoms. The molecule has 0 fully saturated rings. The monoisotopic (exact) mass is 439 g/mol. The van der Waals surface area contributed by atoms with Crippen LogP contribution < -0.4 is 16.8 Å². The molecule has 1 amide bonds. The Hall–Kier alpha value is -0.890. The van der Waals surface area contributed by atoms with Crippen LogP contribution >= 0.6 is 0 Å². The van der Waals surface area contributed by atoms with E-state index in [0.29, 0.717) is 119 Å². The van der Waals surface area contributed by atoms with Gasteiger partial charge in [-0.15, -0.1) is 0 Å². The third-order valence-corrected chi connectivity index (χ3v) is 3.43. The van der Waals surface area contributed by atoms with Gasteiger partial charge in [0.25, 0.3) is 0 Å². The second-order valence-electron chi connectivity index (χ2n) is 5.96. The minimum Gasteiger partial charge on any atom is -0.379 e. The summed E-state index contributed by atoms with van der Waals surface area (Å²) in [5, 5.41) is 2.77. The minimum atomic E-state index is -0.0712. The molecular formula is C19H41N3O8. The van der Waals surface area contributed by atoms with Gasteiger partial charge in [0.2, 0.25) is 5.91 Å². The highest BCUT2D eigenvalue weighted by Crippen LogP contribution is 1.86. The summed E-state index contributed by atoms with van der Waals surface area (Å²) in [6.07, 6.45) is 0.303. The molecule has 0 radical (unpaired) electrons. The Morgan fingerprint density at radius 2 is 0.833 bits per heavy atom. The van der Waals surface area contributed by atoms with Gasteiger partial charge >= 0.3 is 0 Å². The van der Waals surface area contributed by atoms with Crippen LogP contribution in [0.15, 0.2) is 0 Å². The molecule has 0 aliphatic rings. The lowest BCUT2D eigenvalue weighted by molar-refractivity contribution is -0.122. The van der Waals surface area contributed by atoms with Crippen molar-refractivity contribution < 1.29 is 38.0 Å². The predicted octanol–water partition coefficient (Wildman–Crippen LogP) is -1.47. The normalized spacial score (nSPS) is 11.1. The molecule has 5 N–H and O–H groups in total. The van der Waals surface area contributed by atoms with Crippen LogP contribution in [0.4, 0.5) is 0 Å². The Labute approximate surface area is 179 Å². The third-order valence-electron chi connectivity index (χ3n) is 3.43. The van der Waals surface area contributed by atoms with Crippen LogP contribution in [0.2, 0.25) is 0 Å². The molecule has 0 aromatic rings. The zero-order valence-corrected chi connectivity index (χ0v) is 18.1. The van der Waals surface area contributed by atoms with Crippen LogP contribution in [0.5, 0.6) is 0 Å². The summed E-state index contributed by atoms with van der Waals surface area (Å²) in [6, 6.07) is 0.